The Morgan fingerprint density at radius 2 is 2.19 bits per heavy atom. The van der Waals surface area contributed by atoms with Gasteiger partial charge in [-0.25, -0.2) is 0 Å². The Balaban J connectivity index is 2.77. The maximum atomic E-state index is 9.52. The third kappa shape index (κ3) is 3.40. The first-order valence-electron chi connectivity index (χ1n) is 5.46. The number of nitrogens with two attached hydrogens (primary N) is 1. The van der Waals surface area contributed by atoms with Crippen LogP contribution in [-0.4, -0.2) is 30.0 Å². The lowest BCUT2D eigenvalue weighted by atomic mass is 10.00. The van der Waals surface area contributed by atoms with Crippen LogP contribution >= 0.6 is 0 Å². The van der Waals surface area contributed by atoms with Crippen LogP contribution in [0.5, 0.6) is 11.5 Å². The first kappa shape index (κ1) is 12.8. The van der Waals surface area contributed by atoms with Crippen molar-refractivity contribution in [3.63, 3.8) is 0 Å². The van der Waals surface area contributed by atoms with E-state index in [-0.39, 0.29) is 18.3 Å². The zero-order valence-corrected chi connectivity index (χ0v) is 9.52. The highest BCUT2D eigenvalue weighted by atomic mass is 16.5. The van der Waals surface area contributed by atoms with Crippen LogP contribution in [0.3, 0.4) is 0 Å². The number of phenols is 1. The molecule has 1 aromatic rings. The first-order chi connectivity index (χ1) is 7.71. The van der Waals surface area contributed by atoms with E-state index in [4.69, 9.17) is 15.6 Å². The lowest BCUT2D eigenvalue weighted by Crippen LogP contribution is -2.20. The van der Waals surface area contributed by atoms with Gasteiger partial charge < -0.3 is 20.7 Å². The molecule has 0 aliphatic heterocycles. The van der Waals surface area contributed by atoms with Gasteiger partial charge in [-0.2, -0.15) is 0 Å². The van der Waals surface area contributed by atoms with E-state index in [2.05, 4.69) is 0 Å². The second-order valence-corrected chi connectivity index (χ2v) is 3.72. The second kappa shape index (κ2) is 6.35. The molecule has 1 aromatic carbocycles. The molecule has 90 valence electrons. The van der Waals surface area contributed by atoms with Crippen molar-refractivity contribution in [3.05, 3.63) is 23.8 Å². The molecule has 0 aliphatic carbocycles. The van der Waals surface area contributed by atoms with E-state index in [9.17, 15) is 5.11 Å². The molecule has 0 spiro atoms. The molecule has 0 radical (unpaired) electrons. The van der Waals surface area contributed by atoms with Gasteiger partial charge in [-0.1, -0.05) is 6.07 Å². The van der Waals surface area contributed by atoms with Crippen molar-refractivity contribution < 1.29 is 14.9 Å². The van der Waals surface area contributed by atoms with E-state index in [0.717, 1.165) is 5.56 Å². The molecule has 0 saturated heterocycles. The number of ether oxygens (including phenoxy) is 1. The van der Waals surface area contributed by atoms with Crippen molar-refractivity contribution >= 4 is 0 Å². The van der Waals surface area contributed by atoms with E-state index in [1.807, 2.05) is 13.0 Å². The Kier molecular flexibility index (Phi) is 5.08. The number of hydrogen-bond donors (Lipinski definition) is 3. The van der Waals surface area contributed by atoms with Gasteiger partial charge in [0.1, 0.15) is 0 Å². The van der Waals surface area contributed by atoms with Gasteiger partial charge in [-0.3, -0.25) is 0 Å². The standard InChI is InChI=1S/C12H19NO3/c1-2-16-12-6-9(3-4-11(12)15)5-10(7-13)8-14/h3-4,6,10,14-15H,2,5,7-8,13H2,1H3. The fraction of sp³-hybridized carbons (Fsp3) is 0.500. The highest BCUT2D eigenvalue weighted by molar-refractivity contribution is 5.41. The van der Waals surface area contributed by atoms with Crippen molar-refractivity contribution in [2.24, 2.45) is 11.7 Å². The van der Waals surface area contributed by atoms with Crippen molar-refractivity contribution in [3.8, 4) is 11.5 Å². The highest BCUT2D eigenvalue weighted by Crippen LogP contribution is 2.27. The van der Waals surface area contributed by atoms with Gasteiger partial charge in [0.15, 0.2) is 11.5 Å². The highest BCUT2D eigenvalue weighted by Gasteiger charge is 2.09. The van der Waals surface area contributed by atoms with Crippen LogP contribution < -0.4 is 10.5 Å². The SMILES string of the molecule is CCOc1cc(CC(CN)CO)ccc1O. The molecule has 0 heterocycles. The molecule has 4 N–H and O–H groups in total. The molecule has 16 heavy (non-hydrogen) atoms. The lowest BCUT2D eigenvalue weighted by Gasteiger charge is -2.13. The summed E-state index contributed by atoms with van der Waals surface area (Å²) < 4.78 is 5.28. The Hall–Kier alpha value is -1.26. The number of benzene rings is 1. The van der Waals surface area contributed by atoms with Gasteiger partial charge >= 0.3 is 0 Å². The predicted octanol–water partition coefficient (Wildman–Crippen LogP) is 0.901. The fourth-order valence-electron chi connectivity index (χ4n) is 1.51. The van der Waals surface area contributed by atoms with Gasteiger partial charge in [0.25, 0.3) is 0 Å². The van der Waals surface area contributed by atoms with E-state index in [1.165, 1.54) is 0 Å². The maximum absolute atomic E-state index is 9.52. The van der Waals surface area contributed by atoms with Gasteiger partial charge in [0.2, 0.25) is 0 Å². The normalized spacial score (nSPS) is 12.4. The summed E-state index contributed by atoms with van der Waals surface area (Å²) in [6.07, 6.45) is 0.688. The van der Waals surface area contributed by atoms with Crippen LogP contribution in [0.25, 0.3) is 0 Å². The summed E-state index contributed by atoms with van der Waals surface area (Å²) >= 11 is 0. The zero-order chi connectivity index (χ0) is 12.0. The Bertz CT molecular complexity index is 324. The van der Waals surface area contributed by atoms with Crippen LogP contribution in [0.2, 0.25) is 0 Å². The van der Waals surface area contributed by atoms with Gasteiger partial charge in [0.05, 0.1) is 6.61 Å². The average Bonchev–Trinajstić information content (AvgIpc) is 2.30. The second-order valence-electron chi connectivity index (χ2n) is 3.72. The quantitative estimate of drug-likeness (QED) is 0.672. The number of hydrogen-bond acceptors (Lipinski definition) is 4. The van der Waals surface area contributed by atoms with Crippen molar-refractivity contribution in [1.82, 2.24) is 0 Å². The fourth-order valence-corrected chi connectivity index (χ4v) is 1.51. The summed E-state index contributed by atoms with van der Waals surface area (Å²) in [5.74, 6) is 0.673. The van der Waals surface area contributed by atoms with Crippen LogP contribution in [0.15, 0.2) is 18.2 Å². The molecule has 0 saturated carbocycles. The van der Waals surface area contributed by atoms with E-state index in [0.29, 0.717) is 25.3 Å². The first-order valence-corrected chi connectivity index (χ1v) is 5.46. The molecular weight excluding hydrogens is 206 g/mol. The van der Waals surface area contributed by atoms with E-state index >= 15 is 0 Å². The Morgan fingerprint density at radius 3 is 2.75 bits per heavy atom. The summed E-state index contributed by atoms with van der Waals surface area (Å²) in [6, 6.07) is 5.21. The average molecular weight is 225 g/mol. The Morgan fingerprint density at radius 1 is 1.44 bits per heavy atom. The van der Waals surface area contributed by atoms with Crippen molar-refractivity contribution in [2.75, 3.05) is 19.8 Å². The summed E-state index contributed by atoms with van der Waals surface area (Å²) in [5, 5.41) is 18.6. The van der Waals surface area contributed by atoms with Crippen LogP contribution in [0.1, 0.15) is 12.5 Å². The maximum Gasteiger partial charge on any atom is 0.161 e. The molecule has 1 unspecified atom stereocenters. The third-order valence-corrected chi connectivity index (χ3v) is 2.44. The van der Waals surface area contributed by atoms with E-state index < -0.39 is 0 Å². The molecule has 4 nitrogen and oxygen atoms in total. The number of aromatic hydroxyl groups is 1. The largest absolute Gasteiger partial charge is 0.504 e. The summed E-state index contributed by atoms with van der Waals surface area (Å²) in [7, 11) is 0. The van der Waals surface area contributed by atoms with Crippen LogP contribution in [0.4, 0.5) is 0 Å². The Labute approximate surface area is 95.7 Å². The monoisotopic (exact) mass is 225 g/mol. The molecular formula is C12H19NO3. The molecule has 1 rings (SSSR count). The number of aliphatic hydroxyl groups excluding tert-OH is 1. The number of rotatable bonds is 6. The minimum absolute atomic E-state index is 0.0546. The third-order valence-electron chi connectivity index (χ3n) is 2.44. The van der Waals surface area contributed by atoms with Crippen LogP contribution in [-0.2, 0) is 6.42 Å². The van der Waals surface area contributed by atoms with Crippen LogP contribution in [0, 0.1) is 5.92 Å². The summed E-state index contributed by atoms with van der Waals surface area (Å²) in [6.45, 7) is 2.89. The molecule has 0 aromatic heterocycles. The zero-order valence-electron chi connectivity index (χ0n) is 9.52. The minimum atomic E-state index is 0.0546. The van der Waals surface area contributed by atoms with Gasteiger partial charge in [0, 0.05) is 6.61 Å². The summed E-state index contributed by atoms with van der Waals surface area (Å²) in [5.41, 5.74) is 6.52. The predicted molar refractivity (Wildman–Crippen MR) is 62.6 cm³/mol. The molecule has 4 heteroatoms. The van der Waals surface area contributed by atoms with Crippen molar-refractivity contribution in [1.29, 1.82) is 0 Å². The molecule has 0 aliphatic rings. The minimum Gasteiger partial charge on any atom is -0.504 e. The van der Waals surface area contributed by atoms with E-state index in [1.54, 1.807) is 12.1 Å². The lowest BCUT2D eigenvalue weighted by molar-refractivity contribution is 0.229. The van der Waals surface area contributed by atoms with Crippen molar-refractivity contribution in [2.45, 2.75) is 13.3 Å². The number of phenolic OH excluding ortho intramolecular Hbond substituents is 1. The number of aliphatic hydroxyl groups is 1. The molecule has 1 atom stereocenters. The topological polar surface area (TPSA) is 75.7 Å². The molecule has 0 fully saturated rings. The van der Waals surface area contributed by atoms with Gasteiger partial charge in [-0.15, -0.1) is 0 Å². The smallest absolute Gasteiger partial charge is 0.161 e. The summed E-state index contributed by atoms with van der Waals surface area (Å²) in [4.78, 5) is 0. The molecule has 0 amide bonds. The molecule has 0 bridgehead atoms. The van der Waals surface area contributed by atoms with Gasteiger partial charge in [-0.05, 0) is 43.5 Å².